The number of nitrogens with one attached hydrogen (secondary N) is 1. The maximum Gasteiger partial charge on any atom is 0.227 e. The number of likely N-dealkylation sites (tertiary alicyclic amines) is 1. The molecule has 0 spiro atoms. The van der Waals surface area contributed by atoms with E-state index in [0.717, 1.165) is 49.4 Å². The molecule has 0 aromatic carbocycles. The number of pyridine rings is 2. The number of anilines is 2. The molecule has 0 radical (unpaired) electrons. The lowest BCUT2D eigenvalue weighted by Crippen LogP contribution is -2.42. The SMILES string of the molecule is CC(=O)Nc1cccnc1N1CCCC[C@@H]2CN(C(=O)Cc3ccncc3)C[C@@H]21. The molecule has 2 fully saturated rings. The average molecular weight is 393 g/mol. The van der Waals surface area contributed by atoms with Gasteiger partial charge in [-0.1, -0.05) is 6.42 Å². The summed E-state index contributed by atoms with van der Waals surface area (Å²) in [4.78, 5) is 37.5. The highest BCUT2D eigenvalue weighted by molar-refractivity contribution is 5.92. The molecule has 29 heavy (non-hydrogen) atoms. The third-order valence-corrected chi connectivity index (χ3v) is 5.86. The van der Waals surface area contributed by atoms with Crippen LogP contribution in [0.2, 0.25) is 0 Å². The molecule has 2 saturated heterocycles. The van der Waals surface area contributed by atoms with Crippen LogP contribution in [0.5, 0.6) is 0 Å². The number of carbonyl (C=O) groups excluding carboxylic acids is 2. The second kappa shape index (κ2) is 8.59. The molecule has 0 saturated carbocycles. The number of aromatic nitrogens is 2. The molecule has 4 rings (SSSR count). The summed E-state index contributed by atoms with van der Waals surface area (Å²) in [5.41, 5.74) is 1.73. The van der Waals surface area contributed by atoms with Crippen LogP contribution in [0.3, 0.4) is 0 Å². The Hall–Kier alpha value is -2.96. The molecule has 1 N–H and O–H groups in total. The van der Waals surface area contributed by atoms with E-state index in [1.807, 2.05) is 29.2 Å². The third-order valence-electron chi connectivity index (χ3n) is 5.86. The molecule has 7 heteroatoms. The number of nitrogens with zero attached hydrogens (tertiary/aromatic N) is 4. The monoisotopic (exact) mass is 393 g/mol. The van der Waals surface area contributed by atoms with E-state index >= 15 is 0 Å². The average Bonchev–Trinajstić information content (AvgIpc) is 3.04. The second-order valence-corrected chi connectivity index (χ2v) is 7.90. The maximum absolute atomic E-state index is 12.9. The quantitative estimate of drug-likeness (QED) is 0.863. The highest BCUT2D eigenvalue weighted by atomic mass is 16.2. The van der Waals surface area contributed by atoms with Crippen molar-refractivity contribution in [2.24, 2.45) is 5.92 Å². The van der Waals surface area contributed by atoms with Gasteiger partial charge in [-0.3, -0.25) is 14.6 Å². The lowest BCUT2D eigenvalue weighted by Gasteiger charge is -2.32. The largest absolute Gasteiger partial charge is 0.350 e. The van der Waals surface area contributed by atoms with Crippen molar-refractivity contribution in [3.63, 3.8) is 0 Å². The van der Waals surface area contributed by atoms with Crippen molar-refractivity contribution in [1.82, 2.24) is 14.9 Å². The molecule has 2 aromatic rings. The normalized spacial score (nSPS) is 21.4. The van der Waals surface area contributed by atoms with Crippen molar-refractivity contribution < 1.29 is 9.59 Å². The van der Waals surface area contributed by atoms with Crippen LogP contribution in [0.4, 0.5) is 11.5 Å². The summed E-state index contributed by atoms with van der Waals surface area (Å²) >= 11 is 0. The zero-order chi connectivity index (χ0) is 20.2. The van der Waals surface area contributed by atoms with Gasteiger partial charge in [-0.15, -0.1) is 0 Å². The van der Waals surface area contributed by atoms with Crippen molar-refractivity contribution >= 4 is 23.3 Å². The van der Waals surface area contributed by atoms with E-state index in [0.29, 0.717) is 18.9 Å². The van der Waals surface area contributed by atoms with Gasteiger partial charge in [-0.05, 0) is 48.6 Å². The molecule has 152 valence electrons. The van der Waals surface area contributed by atoms with Crippen molar-refractivity contribution in [1.29, 1.82) is 0 Å². The highest BCUT2D eigenvalue weighted by Crippen LogP contribution is 2.35. The number of hydrogen-bond acceptors (Lipinski definition) is 5. The van der Waals surface area contributed by atoms with Gasteiger partial charge in [0.25, 0.3) is 0 Å². The Morgan fingerprint density at radius 1 is 1.14 bits per heavy atom. The van der Waals surface area contributed by atoms with E-state index < -0.39 is 0 Å². The topological polar surface area (TPSA) is 78.4 Å². The summed E-state index contributed by atoms with van der Waals surface area (Å²) < 4.78 is 0. The van der Waals surface area contributed by atoms with Gasteiger partial charge in [0.2, 0.25) is 11.8 Å². The first-order valence-corrected chi connectivity index (χ1v) is 10.3. The van der Waals surface area contributed by atoms with E-state index in [4.69, 9.17) is 0 Å². The highest BCUT2D eigenvalue weighted by Gasteiger charge is 2.40. The maximum atomic E-state index is 12.9. The van der Waals surface area contributed by atoms with Crippen LogP contribution in [-0.2, 0) is 16.0 Å². The van der Waals surface area contributed by atoms with Crippen molar-refractivity contribution in [2.45, 2.75) is 38.6 Å². The number of fused-ring (bicyclic) bond motifs is 1. The molecule has 2 aromatic heterocycles. The van der Waals surface area contributed by atoms with Crippen molar-refractivity contribution in [2.75, 3.05) is 29.9 Å². The molecule has 0 aliphatic carbocycles. The van der Waals surface area contributed by atoms with Crippen LogP contribution in [0, 0.1) is 5.92 Å². The van der Waals surface area contributed by atoms with E-state index in [-0.39, 0.29) is 17.9 Å². The van der Waals surface area contributed by atoms with Gasteiger partial charge in [0, 0.05) is 45.1 Å². The van der Waals surface area contributed by atoms with Crippen molar-refractivity contribution in [3.8, 4) is 0 Å². The van der Waals surface area contributed by atoms with Gasteiger partial charge in [-0.2, -0.15) is 0 Å². The fourth-order valence-electron chi connectivity index (χ4n) is 4.51. The molecular formula is C22H27N5O2. The van der Waals surface area contributed by atoms with Crippen LogP contribution in [0.1, 0.15) is 31.7 Å². The molecule has 7 nitrogen and oxygen atoms in total. The Bertz CT molecular complexity index is 873. The Balaban J connectivity index is 1.54. The zero-order valence-corrected chi connectivity index (χ0v) is 16.8. The summed E-state index contributed by atoms with van der Waals surface area (Å²) in [5.74, 6) is 1.28. The Kier molecular flexibility index (Phi) is 5.74. The lowest BCUT2D eigenvalue weighted by molar-refractivity contribution is -0.129. The zero-order valence-electron chi connectivity index (χ0n) is 16.8. The van der Waals surface area contributed by atoms with Crippen LogP contribution in [0.15, 0.2) is 42.9 Å². The molecular weight excluding hydrogens is 366 g/mol. The molecule has 0 unspecified atom stereocenters. The fourth-order valence-corrected chi connectivity index (χ4v) is 4.51. The Morgan fingerprint density at radius 2 is 1.97 bits per heavy atom. The smallest absolute Gasteiger partial charge is 0.227 e. The minimum absolute atomic E-state index is 0.105. The number of hydrogen-bond donors (Lipinski definition) is 1. The van der Waals surface area contributed by atoms with Gasteiger partial charge in [0.1, 0.15) is 0 Å². The first-order valence-electron chi connectivity index (χ1n) is 10.3. The summed E-state index contributed by atoms with van der Waals surface area (Å²) in [7, 11) is 0. The van der Waals surface area contributed by atoms with Gasteiger partial charge in [0.05, 0.1) is 18.2 Å². The number of amides is 2. The summed E-state index contributed by atoms with van der Waals surface area (Å²) in [6.45, 7) is 3.88. The third kappa shape index (κ3) is 4.39. The molecule has 4 heterocycles. The number of carbonyl (C=O) groups is 2. The van der Waals surface area contributed by atoms with Crippen LogP contribution in [0.25, 0.3) is 0 Å². The molecule has 2 aliphatic rings. The molecule has 2 aliphatic heterocycles. The van der Waals surface area contributed by atoms with Crippen LogP contribution >= 0.6 is 0 Å². The van der Waals surface area contributed by atoms with Crippen LogP contribution in [-0.4, -0.2) is 52.4 Å². The van der Waals surface area contributed by atoms with E-state index in [9.17, 15) is 9.59 Å². The predicted octanol–water partition coefficient (Wildman–Crippen LogP) is 2.50. The lowest BCUT2D eigenvalue weighted by atomic mass is 9.98. The minimum Gasteiger partial charge on any atom is -0.350 e. The Morgan fingerprint density at radius 3 is 2.76 bits per heavy atom. The van der Waals surface area contributed by atoms with Gasteiger partial charge >= 0.3 is 0 Å². The van der Waals surface area contributed by atoms with Gasteiger partial charge in [0.15, 0.2) is 5.82 Å². The first kappa shape index (κ1) is 19.4. The fraction of sp³-hybridized carbons (Fsp3) is 0.455. The summed E-state index contributed by atoms with van der Waals surface area (Å²) in [6, 6.07) is 7.74. The summed E-state index contributed by atoms with van der Waals surface area (Å²) in [5, 5.41) is 2.91. The first-order chi connectivity index (χ1) is 14.1. The van der Waals surface area contributed by atoms with Gasteiger partial charge < -0.3 is 15.1 Å². The summed E-state index contributed by atoms with van der Waals surface area (Å²) in [6.07, 6.45) is 8.97. The van der Waals surface area contributed by atoms with Crippen LogP contribution < -0.4 is 10.2 Å². The Labute approximate surface area is 171 Å². The minimum atomic E-state index is -0.105. The standard InChI is InChI=1S/C22H27N5O2/c1-16(28)25-19-6-4-9-24-22(19)27-12-3-2-5-18-14-26(15-20(18)27)21(29)13-17-7-10-23-11-8-17/h4,6-11,18,20H,2-3,5,12-15H2,1H3,(H,25,28)/t18-,20+/m1/s1. The predicted molar refractivity (Wildman–Crippen MR) is 112 cm³/mol. The van der Waals surface area contributed by atoms with E-state index in [1.54, 1.807) is 18.6 Å². The van der Waals surface area contributed by atoms with E-state index in [1.165, 1.54) is 6.92 Å². The molecule has 2 amide bonds. The van der Waals surface area contributed by atoms with Crippen molar-refractivity contribution in [3.05, 3.63) is 48.4 Å². The molecule has 0 bridgehead atoms. The van der Waals surface area contributed by atoms with Gasteiger partial charge in [-0.25, -0.2) is 4.98 Å². The number of rotatable bonds is 4. The van der Waals surface area contributed by atoms with E-state index in [2.05, 4.69) is 20.2 Å². The second-order valence-electron chi connectivity index (χ2n) is 7.90. The molecule has 2 atom stereocenters.